The number of hydrogen-bond donors (Lipinski definition) is 0. The standard InChI is InChI=1S/C70H128O6/c1-4-7-10-13-16-19-22-25-27-28-29-30-31-32-33-34-35-36-37-38-39-40-41-42-44-45-48-51-54-57-60-63-69(72)75-66-67(65-74-68(71)62-59-56-53-50-47-24-21-18-15-12-9-6-3)76-70(73)64-61-58-55-52-49-46-43-26-23-20-17-14-11-8-5-2/h7,10,16,19,25,27,29-30,67H,4-6,8-9,11-15,17-18,20-24,26,28,31-66H2,1-3H3/b10-7-,19-16-,27-25-,30-29-. The maximum atomic E-state index is 12.9. The Bertz CT molecular complexity index is 1310. The second kappa shape index (κ2) is 64.9. The Morgan fingerprint density at radius 3 is 0.803 bits per heavy atom. The Labute approximate surface area is 473 Å². The summed E-state index contributed by atoms with van der Waals surface area (Å²) in [5, 5.41) is 0. The van der Waals surface area contributed by atoms with Crippen LogP contribution in [0.4, 0.5) is 0 Å². The monoisotopic (exact) mass is 1060 g/mol. The zero-order valence-electron chi connectivity index (χ0n) is 51.0. The molecule has 0 aromatic carbocycles. The zero-order chi connectivity index (χ0) is 55.0. The first-order valence-electron chi connectivity index (χ1n) is 33.6. The quantitative estimate of drug-likeness (QED) is 0.0261. The fraction of sp³-hybridized carbons (Fsp3) is 0.843. The zero-order valence-corrected chi connectivity index (χ0v) is 51.0. The third-order valence-electron chi connectivity index (χ3n) is 15.1. The van der Waals surface area contributed by atoms with E-state index in [1.54, 1.807) is 0 Å². The normalized spacial score (nSPS) is 12.3. The first kappa shape index (κ1) is 73.4. The average molecular weight is 1070 g/mol. The Kier molecular flexibility index (Phi) is 62.6. The van der Waals surface area contributed by atoms with Crippen molar-refractivity contribution in [1.29, 1.82) is 0 Å². The van der Waals surface area contributed by atoms with Crippen LogP contribution in [0.3, 0.4) is 0 Å². The van der Waals surface area contributed by atoms with Crippen LogP contribution in [0.25, 0.3) is 0 Å². The molecule has 0 saturated carbocycles. The van der Waals surface area contributed by atoms with Gasteiger partial charge in [0.15, 0.2) is 6.10 Å². The number of unbranched alkanes of at least 4 members (excludes halogenated alkanes) is 43. The lowest BCUT2D eigenvalue weighted by atomic mass is 10.0. The van der Waals surface area contributed by atoms with E-state index >= 15 is 0 Å². The summed E-state index contributed by atoms with van der Waals surface area (Å²) in [7, 11) is 0. The number of allylic oxidation sites excluding steroid dienone is 8. The van der Waals surface area contributed by atoms with Gasteiger partial charge in [0.05, 0.1) is 0 Å². The highest BCUT2D eigenvalue weighted by Crippen LogP contribution is 2.18. The van der Waals surface area contributed by atoms with E-state index in [1.807, 2.05) is 0 Å². The van der Waals surface area contributed by atoms with Gasteiger partial charge in [-0.15, -0.1) is 0 Å². The van der Waals surface area contributed by atoms with Gasteiger partial charge >= 0.3 is 17.9 Å². The molecule has 444 valence electrons. The van der Waals surface area contributed by atoms with Crippen molar-refractivity contribution in [3.63, 3.8) is 0 Å². The van der Waals surface area contributed by atoms with E-state index in [0.717, 1.165) is 83.5 Å². The van der Waals surface area contributed by atoms with Crippen LogP contribution in [-0.4, -0.2) is 37.2 Å². The van der Waals surface area contributed by atoms with Crippen LogP contribution in [0.2, 0.25) is 0 Å². The topological polar surface area (TPSA) is 78.9 Å². The van der Waals surface area contributed by atoms with Gasteiger partial charge in [-0.25, -0.2) is 0 Å². The predicted molar refractivity (Wildman–Crippen MR) is 330 cm³/mol. The van der Waals surface area contributed by atoms with Crippen LogP contribution in [0.15, 0.2) is 48.6 Å². The molecular weight excluding hydrogens is 937 g/mol. The van der Waals surface area contributed by atoms with E-state index in [4.69, 9.17) is 14.2 Å². The molecular formula is C70H128O6. The molecule has 0 saturated heterocycles. The van der Waals surface area contributed by atoms with Crippen molar-refractivity contribution in [3.05, 3.63) is 48.6 Å². The van der Waals surface area contributed by atoms with Gasteiger partial charge in [0, 0.05) is 19.3 Å². The third-order valence-corrected chi connectivity index (χ3v) is 15.1. The molecule has 0 aliphatic carbocycles. The van der Waals surface area contributed by atoms with Gasteiger partial charge in [0.2, 0.25) is 0 Å². The summed E-state index contributed by atoms with van der Waals surface area (Å²) in [4.78, 5) is 38.3. The van der Waals surface area contributed by atoms with Gasteiger partial charge in [-0.05, 0) is 57.8 Å². The summed E-state index contributed by atoms with van der Waals surface area (Å²) in [6, 6.07) is 0. The van der Waals surface area contributed by atoms with E-state index in [9.17, 15) is 14.4 Å². The molecule has 6 heteroatoms. The number of carbonyl (C=O) groups excluding carboxylic acids is 3. The predicted octanol–water partition coefficient (Wildman–Crippen LogP) is 22.9. The smallest absolute Gasteiger partial charge is 0.306 e. The van der Waals surface area contributed by atoms with Crippen molar-refractivity contribution in [3.8, 4) is 0 Å². The Balaban J connectivity index is 4.11. The number of hydrogen-bond acceptors (Lipinski definition) is 6. The molecule has 0 aliphatic rings. The molecule has 0 N–H and O–H groups in total. The fourth-order valence-corrected chi connectivity index (χ4v) is 10.1. The van der Waals surface area contributed by atoms with Crippen molar-refractivity contribution in [2.24, 2.45) is 0 Å². The molecule has 0 fully saturated rings. The van der Waals surface area contributed by atoms with E-state index in [2.05, 4.69) is 69.4 Å². The van der Waals surface area contributed by atoms with Crippen molar-refractivity contribution < 1.29 is 28.6 Å². The number of rotatable bonds is 62. The minimum Gasteiger partial charge on any atom is -0.462 e. The first-order valence-corrected chi connectivity index (χ1v) is 33.6. The Morgan fingerprint density at radius 2 is 0.513 bits per heavy atom. The summed E-state index contributed by atoms with van der Waals surface area (Å²) >= 11 is 0. The van der Waals surface area contributed by atoms with Crippen LogP contribution in [-0.2, 0) is 28.6 Å². The minimum atomic E-state index is -0.767. The number of esters is 3. The highest BCUT2D eigenvalue weighted by Gasteiger charge is 2.19. The maximum absolute atomic E-state index is 12.9. The van der Waals surface area contributed by atoms with Crippen LogP contribution in [0.1, 0.15) is 361 Å². The van der Waals surface area contributed by atoms with Crippen LogP contribution in [0, 0.1) is 0 Å². The highest BCUT2D eigenvalue weighted by atomic mass is 16.6. The Morgan fingerprint density at radius 1 is 0.276 bits per heavy atom. The van der Waals surface area contributed by atoms with Crippen molar-refractivity contribution in [2.75, 3.05) is 13.2 Å². The van der Waals surface area contributed by atoms with Crippen molar-refractivity contribution in [2.45, 2.75) is 367 Å². The van der Waals surface area contributed by atoms with Gasteiger partial charge in [0.25, 0.3) is 0 Å². The van der Waals surface area contributed by atoms with Gasteiger partial charge in [-0.3, -0.25) is 14.4 Å². The highest BCUT2D eigenvalue weighted by molar-refractivity contribution is 5.71. The molecule has 6 nitrogen and oxygen atoms in total. The molecule has 0 bridgehead atoms. The van der Waals surface area contributed by atoms with Gasteiger partial charge in [0.1, 0.15) is 13.2 Å². The third kappa shape index (κ3) is 62.2. The van der Waals surface area contributed by atoms with Crippen molar-refractivity contribution in [1.82, 2.24) is 0 Å². The summed E-state index contributed by atoms with van der Waals surface area (Å²) < 4.78 is 16.9. The average Bonchev–Trinajstić information content (AvgIpc) is 3.42. The van der Waals surface area contributed by atoms with E-state index in [-0.39, 0.29) is 31.1 Å². The second-order valence-electron chi connectivity index (χ2n) is 22.7. The fourth-order valence-electron chi connectivity index (χ4n) is 10.1. The van der Waals surface area contributed by atoms with Gasteiger partial charge in [-0.2, -0.15) is 0 Å². The van der Waals surface area contributed by atoms with Gasteiger partial charge in [-0.1, -0.05) is 333 Å². The summed E-state index contributed by atoms with van der Waals surface area (Å²) in [6.07, 6.45) is 81.4. The molecule has 0 aliphatic heterocycles. The molecule has 76 heavy (non-hydrogen) atoms. The largest absolute Gasteiger partial charge is 0.462 e. The SMILES string of the molecule is CC/C=C\C/C=C\C/C=C\C/C=C\CCCCCCCCCCCCCCCCCCCCC(=O)OCC(COC(=O)CCCCCCCCCCCCCC)OC(=O)CCCCCCCCCCCCCCCCC. The molecule has 0 heterocycles. The van der Waals surface area contributed by atoms with Crippen molar-refractivity contribution >= 4 is 17.9 Å². The Hall–Kier alpha value is -2.63. The molecule has 0 aromatic heterocycles. The van der Waals surface area contributed by atoms with E-state index in [1.165, 1.54) is 238 Å². The molecule has 0 rings (SSSR count). The van der Waals surface area contributed by atoms with E-state index < -0.39 is 6.10 Å². The lowest BCUT2D eigenvalue weighted by Gasteiger charge is -2.18. The van der Waals surface area contributed by atoms with Crippen LogP contribution in [0.5, 0.6) is 0 Å². The van der Waals surface area contributed by atoms with E-state index in [0.29, 0.717) is 19.3 Å². The lowest BCUT2D eigenvalue weighted by molar-refractivity contribution is -0.167. The first-order chi connectivity index (χ1) is 37.5. The summed E-state index contributed by atoms with van der Waals surface area (Å²) in [5.74, 6) is -0.839. The molecule has 0 aromatic rings. The van der Waals surface area contributed by atoms with Gasteiger partial charge < -0.3 is 14.2 Å². The summed E-state index contributed by atoms with van der Waals surface area (Å²) in [5.41, 5.74) is 0. The molecule has 1 unspecified atom stereocenters. The maximum Gasteiger partial charge on any atom is 0.306 e. The molecule has 0 amide bonds. The van der Waals surface area contributed by atoms with Crippen LogP contribution < -0.4 is 0 Å². The second-order valence-corrected chi connectivity index (χ2v) is 22.7. The lowest BCUT2D eigenvalue weighted by Crippen LogP contribution is -2.30. The van der Waals surface area contributed by atoms with Crippen LogP contribution >= 0.6 is 0 Å². The molecule has 0 radical (unpaired) electrons. The number of ether oxygens (including phenoxy) is 3. The minimum absolute atomic E-state index is 0.0652. The number of carbonyl (C=O) groups is 3. The molecule has 1 atom stereocenters. The molecule has 0 spiro atoms. The summed E-state index contributed by atoms with van der Waals surface area (Å²) in [6.45, 7) is 6.58.